The fourth-order valence-electron chi connectivity index (χ4n) is 2.48. The van der Waals surface area contributed by atoms with Crippen LogP contribution in [-0.4, -0.2) is 44.0 Å². The molecule has 106 valence electrons. The van der Waals surface area contributed by atoms with Crippen LogP contribution in [0.3, 0.4) is 0 Å². The number of hydrogen-bond donors (Lipinski definition) is 0. The van der Waals surface area contributed by atoms with Gasteiger partial charge in [0.15, 0.2) is 5.78 Å². The smallest absolute Gasteiger partial charge is 0.186 e. The number of ether oxygens (including phenoxy) is 1. The molecule has 19 heavy (non-hydrogen) atoms. The van der Waals surface area contributed by atoms with Crippen molar-refractivity contribution >= 4 is 17.1 Å². The van der Waals surface area contributed by atoms with Crippen LogP contribution in [0.5, 0.6) is 0 Å². The Morgan fingerprint density at radius 1 is 1.42 bits per heavy atom. The first-order valence-electron chi connectivity index (χ1n) is 7.07. The zero-order chi connectivity index (χ0) is 13.7. The lowest BCUT2D eigenvalue weighted by Crippen LogP contribution is -2.33. The van der Waals surface area contributed by atoms with E-state index in [1.807, 2.05) is 13.1 Å². The van der Waals surface area contributed by atoms with Crippen molar-refractivity contribution < 1.29 is 9.53 Å². The highest BCUT2D eigenvalue weighted by atomic mass is 32.1. The molecule has 4 heteroatoms. The number of thiophene rings is 1. The quantitative estimate of drug-likeness (QED) is 0.751. The van der Waals surface area contributed by atoms with Crippen LogP contribution in [0.2, 0.25) is 0 Å². The van der Waals surface area contributed by atoms with Gasteiger partial charge in [-0.2, -0.15) is 0 Å². The fourth-order valence-corrected chi connectivity index (χ4v) is 3.35. The van der Waals surface area contributed by atoms with Crippen LogP contribution < -0.4 is 0 Å². The second-order valence-corrected chi connectivity index (χ2v) is 6.46. The zero-order valence-electron chi connectivity index (χ0n) is 11.9. The summed E-state index contributed by atoms with van der Waals surface area (Å²) in [5.41, 5.74) is 0. The number of nitrogens with zero attached hydrogens (tertiary/aromatic N) is 1. The molecule has 1 fully saturated rings. The summed E-state index contributed by atoms with van der Waals surface area (Å²) in [5.74, 6) is 0.931. The molecule has 0 saturated carbocycles. The summed E-state index contributed by atoms with van der Waals surface area (Å²) in [6.07, 6.45) is 3.25. The van der Waals surface area contributed by atoms with Gasteiger partial charge in [-0.05, 0) is 44.4 Å². The number of carbonyl (C=O) groups excluding carboxylic acids is 1. The van der Waals surface area contributed by atoms with E-state index < -0.39 is 0 Å². The van der Waals surface area contributed by atoms with Gasteiger partial charge >= 0.3 is 0 Å². The van der Waals surface area contributed by atoms with Gasteiger partial charge < -0.3 is 4.74 Å². The van der Waals surface area contributed by atoms with Crippen molar-refractivity contribution in [3.8, 4) is 0 Å². The van der Waals surface area contributed by atoms with E-state index in [-0.39, 0.29) is 5.78 Å². The minimum absolute atomic E-state index is 0.249. The van der Waals surface area contributed by atoms with Crippen LogP contribution in [0.1, 0.15) is 34.3 Å². The molecule has 0 aliphatic carbocycles. The highest BCUT2D eigenvalue weighted by Crippen LogP contribution is 2.19. The molecule has 1 aliphatic heterocycles. The Bertz CT molecular complexity index is 410. The molecule has 1 aromatic heterocycles. The second kappa shape index (κ2) is 7.17. The lowest BCUT2D eigenvalue weighted by atomic mass is 10.00. The van der Waals surface area contributed by atoms with E-state index in [0.717, 1.165) is 43.9 Å². The third kappa shape index (κ3) is 4.41. The molecule has 2 rings (SSSR count). The highest BCUT2D eigenvalue weighted by Gasteiger charge is 2.18. The molecule has 2 heterocycles. The van der Waals surface area contributed by atoms with Crippen molar-refractivity contribution in [1.82, 2.24) is 4.90 Å². The molecule has 0 bridgehead atoms. The molecule has 0 radical (unpaired) electrons. The second-order valence-electron chi connectivity index (χ2n) is 5.30. The van der Waals surface area contributed by atoms with Gasteiger partial charge in [0.2, 0.25) is 0 Å². The van der Waals surface area contributed by atoms with Gasteiger partial charge in [-0.1, -0.05) is 6.92 Å². The van der Waals surface area contributed by atoms with E-state index in [1.165, 1.54) is 4.88 Å². The van der Waals surface area contributed by atoms with E-state index >= 15 is 0 Å². The summed E-state index contributed by atoms with van der Waals surface area (Å²) in [6.45, 7) is 5.40. The predicted octanol–water partition coefficient (Wildman–Crippen LogP) is 2.85. The van der Waals surface area contributed by atoms with Gasteiger partial charge in [0.25, 0.3) is 0 Å². The van der Waals surface area contributed by atoms with Gasteiger partial charge in [0.05, 0.1) is 11.4 Å². The van der Waals surface area contributed by atoms with Crippen molar-refractivity contribution in [3.05, 3.63) is 21.9 Å². The third-order valence-electron chi connectivity index (χ3n) is 3.61. The summed E-state index contributed by atoms with van der Waals surface area (Å²) < 4.78 is 5.36. The maximum Gasteiger partial charge on any atom is 0.186 e. The van der Waals surface area contributed by atoms with Crippen molar-refractivity contribution in [2.45, 2.75) is 26.2 Å². The zero-order valence-corrected chi connectivity index (χ0v) is 12.7. The summed E-state index contributed by atoms with van der Waals surface area (Å²) in [7, 11) is 2.04. The van der Waals surface area contributed by atoms with E-state index in [4.69, 9.17) is 4.74 Å². The molecule has 3 nitrogen and oxygen atoms in total. The standard InChI is InChI=1S/C15H23NO2S/c1-3-13-4-5-15(19-13)14(17)11-16(2)10-12-6-8-18-9-7-12/h4-5,12H,3,6-11H2,1-2H3. The molecule has 1 aliphatic rings. The molecule has 1 aromatic rings. The van der Waals surface area contributed by atoms with Crippen molar-refractivity contribution in [2.24, 2.45) is 5.92 Å². The summed E-state index contributed by atoms with van der Waals surface area (Å²) >= 11 is 1.63. The lowest BCUT2D eigenvalue weighted by molar-refractivity contribution is 0.0550. The molecular weight excluding hydrogens is 258 g/mol. The Balaban J connectivity index is 1.80. The van der Waals surface area contributed by atoms with Crippen LogP contribution in [0.4, 0.5) is 0 Å². The van der Waals surface area contributed by atoms with E-state index in [2.05, 4.69) is 17.9 Å². The van der Waals surface area contributed by atoms with Crippen LogP contribution >= 0.6 is 11.3 Å². The maximum absolute atomic E-state index is 12.2. The van der Waals surface area contributed by atoms with Crippen molar-refractivity contribution in [1.29, 1.82) is 0 Å². The van der Waals surface area contributed by atoms with E-state index in [1.54, 1.807) is 11.3 Å². The Kier molecular flexibility index (Phi) is 5.55. The molecule has 0 atom stereocenters. The largest absolute Gasteiger partial charge is 0.381 e. The van der Waals surface area contributed by atoms with Gasteiger partial charge in [-0.25, -0.2) is 0 Å². The monoisotopic (exact) mass is 281 g/mol. The van der Waals surface area contributed by atoms with Crippen LogP contribution in [0.15, 0.2) is 12.1 Å². The van der Waals surface area contributed by atoms with E-state index in [9.17, 15) is 4.79 Å². The minimum atomic E-state index is 0.249. The number of likely N-dealkylation sites (N-methyl/N-ethyl adjacent to an activating group) is 1. The Morgan fingerprint density at radius 3 is 2.79 bits per heavy atom. The van der Waals surface area contributed by atoms with Gasteiger partial charge in [-0.3, -0.25) is 9.69 Å². The molecule has 0 aromatic carbocycles. The molecule has 0 amide bonds. The minimum Gasteiger partial charge on any atom is -0.381 e. The average Bonchev–Trinajstić information content (AvgIpc) is 2.88. The number of Topliss-reactive ketones (excluding diaryl/α,β-unsaturated/α-hetero) is 1. The summed E-state index contributed by atoms with van der Waals surface area (Å²) in [6, 6.07) is 4.03. The molecule has 0 N–H and O–H groups in total. The van der Waals surface area contributed by atoms with E-state index in [0.29, 0.717) is 12.5 Å². The maximum atomic E-state index is 12.2. The first-order chi connectivity index (χ1) is 9.19. The van der Waals surface area contributed by atoms with Gasteiger partial charge in [0, 0.05) is 24.6 Å². The number of carbonyl (C=O) groups is 1. The van der Waals surface area contributed by atoms with Crippen LogP contribution in [0.25, 0.3) is 0 Å². The normalized spacial score (nSPS) is 17.0. The summed E-state index contributed by atoms with van der Waals surface area (Å²) in [4.78, 5) is 16.5. The summed E-state index contributed by atoms with van der Waals surface area (Å²) in [5, 5.41) is 0. The first kappa shape index (κ1) is 14.7. The Morgan fingerprint density at radius 2 is 2.16 bits per heavy atom. The van der Waals surface area contributed by atoms with Crippen molar-refractivity contribution in [2.75, 3.05) is 33.4 Å². The lowest BCUT2D eigenvalue weighted by Gasteiger charge is -2.26. The number of rotatable bonds is 6. The number of aryl methyl sites for hydroxylation is 1. The predicted molar refractivity (Wildman–Crippen MR) is 79.1 cm³/mol. The number of ketones is 1. The average molecular weight is 281 g/mol. The number of hydrogen-bond acceptors (Lipinski definition) is 4. The molecule has 0 unspecified atom stereocenters. The first-order valence-corrected chi connectivity index (χ1v) is 7.89. The molecular formula is C15H23NO2S. The third-order valence-corrected chi connectivity index (χ3v) is 4.88. The molecule has 0 spiro atoms. The Hall–Kier alpha value is -0.710. The fraction of sp³-hybridized carbons (Fsp3) is 0.667. The Labute approximate surface area is 119 Å². The molecule has 1 saturated heterocycles. The van der Waals surface area contributed by atoms with Gasteiger partial charge in [0.1, 0.15) is 0 Å². The van der Waals surface area contributed by atoms with Crippen LogP contribution in [0, 0.1) is 5.92 Å². The SMILES string of the molecule is CCc1ccc(C(=O)CN(C)CC2CCOCC2)s1. The van der Waals surface area contributed by atoms with Crippen LogP contribution in [-0.2, 0) is 11.2 Å². The topological polar surface area (TPSA) is 29.5 Å². The van der Waals surface area contributed by atoms with Crippen molar-refractivity contribution in [3.63, 3.8) is 0 Å². The van der Waals surface area contributed by atoms with Gasteiger partial charge in [-0.15, -0.1) is 11.3 Å². The highest BCUT2D eigenvalue weighted by molar-refractivity contribution is 7.14.